The highest BCUT2D eigenvalue weighted by Gasteiger charge is 2.30. The lowest BCUT2D eigenvalue weighted by Crippen LogP contribution is -2.14. The van der Waals surface area contributed by atoms with E-state index in [2.05, 4.69) is 27.7 Å². The maximum atomic E-state index is 11.5. The Morgan fingerprint density at radius 1 is 1.38 bits per heavy atom. The zero-order chi connectivity index (χ0) is 10.1. The number of rotatable bonds is 4. The first kappa shape index (κ1) is 10.7. The third-order valence-electron chi connectivity index (χ3n) is 2.54. The minimum Gasteiger partial charge on any atom is -0.299 e. The Kier molecular flexibility index (Phi) is 3.15. The van der Waals surface area contributed by atoms with Crippen LogP contribution in [0.3, 0.4) is 0 Å². The first-order valence-corrected chi connectivity index (χ1v) is 5.41. The largest absolute Gasteiger partial charge is 0.299 e. The molecule has 0 aromatic heterocycles. The van der Waals surface area contributed by atoms with E-state index in [0.717, 1.165) is 25.7 Å². The van der Waals surface area contributed by atoms with Crippen molar-refractivity contribution in [3.8, 4) is 0 Å². The lowest BCUT2D eigenvalue weighted by molar-refractivity contribution is -0.121. The molecule has 1 saturated carbocycles. The van der Waals surface area contributed by atoms with Crippen LogP contribution in [0.1, 0.15) is 53.4 Å². The van der Waals surface area contributed by atoms with E-state index in [0.29, 0.717) is 23.0 Å². The molecule has 0 bridgehead atoms. The molecule has 1 atom stereocenters. The number of ketones is 1. The second-order valence-corrected chi connectivity index (χ2v) is 5.81. The molecule has 0 N–H and O–H groups in total. The number of carbonyl (C=O) groups excluding carboxylic acids is 1. The highest BCUT2D eigenvalue weighted by atomic mass is 16.1. The maximum absolute atomic E-state index is 11.5. The third kappa shape index (κ3) is 4.44. The van der Waals surface area contributed by atoms with E-state index in [1.165, 1.54) is 0 Å². The van der Waals surface area contributed by atoms with Crippen LogP contribution < -0.4 is 0 Å². The van der Waals surface area contributed by atoms with Gasteiger partial charge in [-0.05, 0) is 30.6 Å². The van der Waals surface area contributed by atoms with Gasteiger partial charge >= 0.3 is 0 Å². The van der Waals surface area contributed by atoms with Gasteiger partial charge in [0, 0.05) is 12.3 Å². The maximum Gasteiger partial charge on any atom is 0.136 e. The lowest BCUT2D eigenvalue weighted by Gasteiger charge is -2.22. The average Bonchev–Trinajstić information content (AvgIpc) is 2.60. The molecular formula is C12H22O. The SMILES string of the molecule is CC(CC(=O)C1CC1)CC(C)(C)C. The van der Waals surface area contributed by atoms with Gasteiger partial charge in [-0.2, -0.15) is 0 Å². The van der Waals surface area contributed by atoms with Crippen LogP contribution in [-0.2, 0) is 4.79 Å². The summed E-state index contributed by atoms with van der Waals surface area (Å²) in [5, 5.41) is 0. The smallest absolute Gasteiger partial charge is 0.136 e. The Bertz CT molecular complexity index is 184. The predicted octanol–water partition coefficient (Wildman–Crippen LogP) is 3.43. The highest BCUT2D eigenvalue weighted by molar-refractivity contribution is 5.83. The monoisotopic (exact) mass is 182 g/mol. The quantitative estimate of drug-likeness (QED) is 0.651. The normalized spacial score (nSPS) is 20.0. The summed E-state index contributed by atoms with van der Waals surface area (Å²) in [4.78, 5) is 11.5. The van der Waals surface area contributed by atoms with Crippen LogP contribution in [-0.4, -0.2) is 5.78 Å². The second kappa shape index (κ2) is 3.81. The molecule has 0 heterocycles. The molecule has 0 spiro atoms. The van der Waals surface area contributed by atoms with Crippen molar-refractivity contribution >= 4 is 5.78 Å². The van der Waals surface area contributed by atoms with E-state index in [1.54, 1.807) is 0 Å². The van der Waals surface area contributed by atoms with Gasteiger partial charge in [0.1, 0.15) is 5.78 Å². The molecule has 0 aliphatic heterocycles. The second-order valence-electron chi connectivity index (χ2n) is 5.81. The lowest BCUT2D eigenvalue weighted by atomic mass is 9.83. The molecule has 13 heavy (non-hydrogen) atoms. The molecule has 0 amide bonds. The van der Waals surface area contributed by atoms with Crippen LogP contribution in [0.2, 0.25) is 0 Å². The number of carbonyl (C=O) groups is 1. The minimum absolute atomic E-state index is 0.364. The fraction of sp³-hybridized carbons (Fsp3) is 0.917. The van der Waals surface area contributed by atoms with E-state index < -0.39 is 0 Å². The molecule has 0 aromatic rings. The first-order valence-electron chi connectivity index (χ1n) is 5.41. The third-order valence-corrected chi connectivity index (χ3v) is 2.54. The van der Waals surface area contributed by atoms with Crippen molar-refractivity contribution < 1.29 is 4.79 Å². The Balaban J connectivity index is 2.23. The first-order chi connectivity index (χ1) is 5.88. The number of hydrogen-bond acceptors (Lipinski definition) is 1. The zero-order valence-corrected chi connectivity index (χ0v) is 9.39. The molecule has 0 radical (unpaired) electrons. The van der Waals surface area contributed by atoms with Crippen LogP contribution in [0.25, 0.3) is 0 Å². The van der Waals surface area contributed by atoms with E-state index in [9.17, 15) is 4.79 Å². The summed E-state index contributed by atoms with van der Waals surface area (Å²) in [5.41, 5.74) is 0.364. The average molecular weight is 182 g/mol. The van der Waals surface area contributed by atoms with E-state index in [1.807, 2.05) is 0 Å². The van der Waals surface area contributed by atoms with E-state index >= 15 is 0 Å². The predicted molar refractivity (Wildman–Crippen MR) is 55.6 cm³/mol. The van der Waals surface area contributed by atoms with Crippen LogP contribution in [0.15, 0.2) is 0 Å². The fourth-order valence-electron chi connectivity index (χ4n) is 2.03. The summed E-state index contributed by atoms with van der Waals surface area (Å²) >= 11 is 0. The van der Waals surface area contributed by atoms with Crippen LogP contribution >= 0.6 is 0 Å². The van der Waals surface area contributed by atoms with Crippen molar-refractivity contribution in [2.75, 3.05) is 0 Å². The Hall–Kier alpha value is -0.330. The Labute approximate surface area is 81.9 Å². The molecule has 1 unspecified atom stereocenters. The van der Waals surface area contributed by atoms with Crippen LogP contribution in [0.5, 0.6) is 0 Å². The summed E-state index contributed by atoms with van der Waals surface area (Å²) < 4.78 is 0. The van der Waals surface area contributed by atoms with E-state index in [4.69, 9.17) is 0 Å². The van der Waals surface area contributed by atoms with Crippen molar-refractivity contribution in [3.05, 3.63) is 0 Å². The van der Waals surface area contributed by atoms with Crippen molar-refractivity contribution in [1.82, 2.24) is 0 Å². The molecule has 76 valence electrons. The van der Waals surface area contributed by atoms with E-state index in [-0.39, 0.29) is 0 Å². The van der Waals surface area contributed by atoms with Gasteiger partial charge in [-0.1, -0.05) is 27.7 Å². The van der Waals surface area contributed by atoms with Crippen molar-refractivity contribution in [2.24, 2.45) is 17.3 Å². The van der Waals surface area contributed by atoms with Crippen molar-refractivity contribution in [2.45, 2.75) is 53.4 Å². The van der Waals surface area contributed by atoms with Gasteiger partial charge < -0.3 is 0 Å². The summed E-state index contributed by atoms with van der Waals surface area (Å²) in [6.45, 7) is 8.92. The van der Waals surface area contributed by atoms with Gasteiger partial charge in [-0.15, -0.1) is 0 Å². The Morgan fingerprint density at radius 2 is 1.92 bits per heavy atom. The summed E-state index contributed by atoms with van der Waals surface area (Å²) in [7, 11) is 0. The molecule has 1 rings (SSSR count). The molecule has 1 heteroatoms. The zero-order valence-electron chi connectivity index (χ0n) is 9.39. The molecular weight excluding hydrogens is 160 g/mol. The van der Waals surface area contributed by atoms with Crippen LogP contribution in [0.4, 0.5) is 0 Å². The number of Topliss-reactive ketones (excluding diaryl/α,β-unsaturated/α-hetero) is 1. The summed E-state index contributed by atoms with van der Waals surface area (Å²) in [6, 6.07) is 0. The minimum atomic E-state index is 0.364. The highest BCUT2D eigenvalue weighted by Crippen LogP contribution is 2.34. The van der Waals surface area contributed by atoms with Crippen LogP contribution in [0, 0.1) is 17.3 Å². The standard InChI is InChI=1S/C12H22O/c1-9(8-12(2,3)4)7-11(13)10-5-6-10/h9-10H,5-8H2,1-4H3. The molecule has 1 nitrogen and oxygen atoms in total. The molecule has 1 aliphatic rings. The van der Waals surface area contributed by atoms with Gasteiger partial charge in [0.2, 0.25) is 0 Å². The van der Waals surface area contributed by atoms with Crippen molar-refractivity contribution in [3.63, 3.8) is 0 Å². The van der Waals surface area contributed by atoms with Crippen molar-refractivity contribution in [1.29, 1.82) is 0 Å². The van der Waals surface area contributed by atoms with Gasteiger partial charge in [0.25, 0.3) is 0 Å². The molecule has 1 aliphatic carbocycles. The van der Waals surface area contributed by atoms with Gasteiger partial charge in [-0.25, -0.2) is 0 Å². The summed E-state index contributed by atoms with van der Waals surface area (Å²) in [6.07, 6.45) is 4.27. The Morgan fingerprint density at radius 3 is 2.31 bits per heavy atom. The fourth-order valence-corrected chi connectivity index (χ4v) is 2.03. The van der Waals surface area contributed by atoms with Gasteiger partial charge in [0.05, 0.1) is 0 Å². The summed E-state index contributed by atoms with van der Waals surface area (Å²) in [5.74, 6) is 1.52. The molecule has 1 fully saturated rings. The van der Waals surface area contributed by atoms with Gasteiger partial charge in [0.15, 0.2) is 0 Å². The van der Waals surface area contributed by atoms with Gasteiger partial charge in [-0.3, -0.25) is 4.79 Å². The molecule has 0 aromatic carbocycles. The molecule has 0 saturated heterocycles. The topological polar surface area (TPSA) is 17.1 Å². The number of hydrogen-bond donors (Lipinski definition) is 0.